The van der Waals surface area contributed by atoms with Crippen LogP contribution in [0.4, 0.5) is 0 Å². The third-order valence-corrected chi connectivity index (χ3v) is 4.70. The van der Waals surface area contributed by atoms with Gasteiger partial charge in [0, 0.05) is 12.6 Å². The Hall–Kier alpha value is -1.06. The van der Waals surface area contributed by atoms with Gasteiger partial charge in [0.25, 0.3) is 0 Å². The molecule has 22 heavy (non-hydrogen) atoms. The summed E-state index contributed by atoms with van der Waals surface area (Å²) in [5.41, 5.74) is 1.20. The molecular formula is C19H31NO2. The first-order chi connectivity index (χ1) is 10.6. The molecule has 0 heterocycles. The predicted octanol–water partition coefficient (Wildman–Crippen LogP) is 3.72. The largest absolute Gasteiger partial charge is 0.491 e. The van der Waals surface area contributed by atoms with Gasteiger partial charge in [0.05, 0.1) is 0 Å². The number of hydrogen-bond donors (Lipinski definition) is 2. The predicted molar refractivity (Wildman–Crippen MR) is 91.5 cm³/mol. The van der Waals surface area contributed by atoms with Gasteiger partial charge >= 0.3 is 0 Å². The third-order valence-electron chi connectivity index (χ3n) is 4.70. The first-order valence-electron chi connectivity index (χ1n) is 8.71. The van der Waals surface area contributed by atoms with Crippen LogP contribution in [-0.4, -0.2) is 30.4 Å². The first-order valence-corrected chi connectivity index (χ1v) is 8.71. The van der Waals surface area contributed by atoms with Gasteiger partial charge in [0.1, 0.15) is 18.5 Å². The molecule has 3 heteroatoms. The molecule has 0 amide bonds. The lowest BCUT2D eigenvalue weighted by Crippen LogP contribution is -2.42. The van der Waals surface area contributed by atoms with E-state index in [0.717, 1.165) is 5.75 Å². The van der Waals surface area contributed by atoms with Crippen molar-refractivity contribution in [3.8, 4) is 5.75 Å². The number of aliphatic hydroxyl groups is 1. The average molecular weight is 305 g/mol. The van der Waals surface area contributed by atoms with Gasteiger partial charge in [0.15, 0.2) is 0 Å². The SMILES string of the molecule is CC(C)c1ccccc1OCC(O)CNC1CCCCC1C. The van der Waals surface area contributed by atoms with Gasteiger partial charge in [-0.1, -0.05) is 51.8 Å². The second-order valence-corrected chi connectivity index (χ2v) is 6.93. The van der Waals surface area contributed by atoms with Crippen molar-refractivity contribution in [3.63, 3.8) is 0 Å². The van der Waals surface area contributed by atoms with E-state index in [9.17, 15) is 5.11 Å². The lowest BCUT2D eigenvalue weighted by atomic mass is 9.86. The minimum atomic E-state index is -0.464. The number of benzene rings is 1. The zero-order chi connectivity index (χ0) is 15.9. The average Bonchev–Trinajstić information content (AvgIpc) is 2.52. The van der Waals surface area contributed by atoms with E-state index >= 15 is 0 Å². The van der Waals surface area contributed by atoms with Gasteiger partial charge in [-0.25, -0.2) is 0 Å². The number of para-hydroxylation sites is 1. The molecule has 1 aliphatic carbocycles. The first kappa shape index (κ1) is 17.3. The van der Waals surface area contributed by atoms with Crippen molar-refractivity contribution in [2.24, 2.45) is 5.92 Å². The monoisotopic (exact) mass is 305 g/mol. The lowest BCUT2D eigenvalue weighted by Gasteiger charge is -2.30. The van der Waals surface area contributed by atoms with E-state index in [1.807, 2.05) is 18.2 Å². The van der Waals surface area contributed by atoms with Crippen molar-refractivity contribution in [1.82, 2.24) is 5.32 Å². The number of ether oxygens (including phenoxy) is 1. The molecule has 0 aliphatic heterocycles. The highest BCUT2D eigenvalue weighted by molar-refractivity contribution is 5.35. The molecule has 3 unspecified atom stereocenters. The van der Waals surface area contributed by atoms with Gasteiger partial charge in [0.2, 0.25) is 0 Å². The van der Waals surface area contributed by atoms with E-state index < -0.39 is 6.10 Å². The van der Waals surface area contributed by atoms with Gasteiger partial charge in [-0.3, -0.25) is 0 Å². The molecule has 1 aliphatic rings. The highest BCUT2D eigenvalue weighted by Crippen LogP contribution is 2.26. The maximum absolute atomic E-state index is 10.2. The molecule has 0 aromatic heterocycles. The maximum Gasteiger partial charge on any atom is 0.122 e. The summed E-state index contributed by atoms with van der Waals surface area (Å²) in [6.07, 6.45) is 4.71. The number of hydrogen-bond acceptors (Lipinski definition) is 3. The van der Waals surface area contributed by atoms with Gasteiger partial charge in [-0.2, -0.15) is 0 Å². The summed E-state index contributed by atoms with van der Waals surface area (Å²) < 4.78 is 5.84. The van der Waals surface area contributed by atoms with Gasteiger partial charge < -0.3 is 15.2 Å². The summed E-state index contributed by atoms with van der Waals surface area (Å²) >= 11 is 0. The van der Waals surface area contributed by atoms with Crippen LogP contribution in [0.25, 0.3) is 0 Å². The van der Waals surface area contributed by atoms with Crippen LogP contribution in [0.5, 0.6) is 5.75 Å². The summed E-state index contributed by atoms with van der Waals surface area (Å²) in [6.45, 7) is 7.57. The second-order valence-electron chi connectivity index (χ2n) is 6.93. The van der Waals surface area contributed by atoms with E-state index in [2.05, 4.69) is 32.2 Å². The number of aliphatic hydroxyl groups excluding tert-OH is 1. The van der Waals surface area contributed by atoms with E-state index in [1.165, 1.54) is 31.2 Å². The fourth-order valence-corrected chi connectivity index (χ4v) is 3.24. The summed E-state index contributed by atoms with van der Waals surface area (Å²) in [5.74, 6) is 2.03. The van der Waals surface area contributed by atoms with Crippen molar-refractivity contribution in [1.29, 1.82) is 0 Å². The molecule has 0 radical (unpaired) electrons. The van der Waals surface area contributed by atoms with Crippen LogP contribution >= 0.6 is 0 Å². The van der Waals surface area contributed by atoms with Crippen LogP contribution in [0.15, 0.2) is 24.3 Å². The number of rotatable bonds is 7. The second kappa shape index (κ2) is 8.54. The fraction of sp³-hybridized carbons (Fsp3) is 0.684. The standard InChI is InChI=1S/C19H31NO2/c1-14(2)17-9-5-7-11-19(17)22-13-16(21)12-20-18-10-6-4-8-15(18)3/h5,7,9,11,14-16,18,20-21H,4,6,8,10,12-13H2,1-3H3. The summed E-state index contributed by atoms with van der Waals surface area (Å²) in [7, 11) is 0. The van der Waals surface area contributed by atoms with E-state index in [-0.39, 0.29) is 0 Å². The molecular weight excluding hydrogens is 274 g/mol. The van der Waals surface area contributed by atoms with Crippen molar-refractivity contribution in [2.45, 2.75) is 64.5 Å². The van der Waals surface area contributed by atoms with Crippen LogP contribution in [0.3, 0.4) is 0 Å². The van der Waals surface area contributed by atoms with Crippen molar-refractivity contribution >= 4 is 0 Å². The molecule has 0 spiro atoms. The van der Waals surface area contributed by atoms with Crippen LogP contribution in [0.2, 0.25) is 0 Å². The molecule has 1 aromatic rings. The summed E-state index contributed by atoms with van der Waals surface area (Å²) in [6, 6.07) is 8.64. The Labute approximate surface area is 135 Å². The van der Waals surface area contributed by atoms with Crippen LogP contribution in [0, 0.1) is 5.92 Å². The zero-order valence-electron chi connectivity index (χ0n) is 14.2. The van der Waals surface area contributed by atoms with E-state index in [0.29, 0.717) is 31.0 Å². The Balaban J connectivity index is 1.77. The Bertz CT molecular complexity index is 447. The zero-order valence-corrected chi connectivity index (χ0v) is 14.2. The highest BCUT2D eigenvalue weighted by Gasteiger charge is 2.21. The normalized spacial score (nSPS) is 23.5. The third kappa shape index (κ3) is 4.99. The molecule has 1 aromatic carbocycles. The minimum Gasteiger partial charge on any atom is -0.491 e. The molecule has 3 atom stereocenters. The smallest absolute Gasteiger partial charge is 0.122 e. The van der Waals surface area contributed by atoms with Crippen LogP contribution < -0.4 is 10.1 Å². The van der Waals surface area contributed by atoms with Crippen molar-refractivity contribution in [3.05, 3.63) is 29.8 Å². The molecule has 2 rings (SSSR count). The highest BCUT2D eigenvalue weighted by atomic mass is 16.5. The maximum atomic E-state index is 10.2. The minimum absolute atomic E-state index is 0.345. The molecule has 1 fully saturated rings. The van der Waals surface area contributed by atoms with Gasteiger partial charge in [-0.15, -0.1) is 0 Å². The Morgan fingerprint density at radius 2 is 1.95 bits per heavy atom. The molecule has 0 saturated heterocycles. The van der Waals surface area contributed by atoms with E-state index in [4.69, 9.17) is 4.74 Å². The Morgan fingerprint density at radius 3 is 2.68 bits per heavy atom. The lowest BCUT2D eigenvalue weighted by molar-refractivity contribution is 0.0979. The quantitative estimate of drug-likeness (QED) is 0.807. The van der Waals surface area contributed by atoms with Crippen LogP contribution in [-0.2, 0) is 0 Å². The summed E-state index contributed by atoms with van der Waals surface area (Å²) in [4.78, 5) is 0. The van der Waals surface area contributed by atoms with E-state index in [1.54, 1.807) is 0 Å². The van der Waals surface area contributed by atoms with Crippen molar-refractivity contribution in [2.75, 3.05) is 13.2 Å². The molecule has 0 bridgehead atoms. The summed E-state index contributed by atoms with van der Waals surface area (Å²) in [5, 5.41) is 13.7. The molecule has 3 nitrogen and oxygen atoms in total. The van der Waals surface area contributed by atoms with Crippen LogP contribution in [0.1, 0.15) is 57.9 Å². The Morgan fingerprint density at radius 1 is 1.23 bits per heavy atom. The fourth-order valence-electron chi connectivity index (χ4n) is 3.24. The molecule has 2 N–H and O–H groups in total. The van der Waals surface area contributed by atoms with Crippen molar-refractivity contribution < 1.29 is 9.84 Å². The number of nitrogens with one attached hydrogen (secondary N) is 1. The molecule has 1 saturated carbocycles. The van der Waals surface area contributed by atoms with Gasteiger partial charge in [-0.05, 0) is 36.3 Å². The topological polar surface area (TPSA) is 41.5 Å². The Kier molecular flexibility index (Phi) is 6.71. The molecule has 124 valence electrons.